The van der Waals surface area contributed by atoms with E-state index in [1.54, 1.807) is 12.4 Å². The van der Waals surface area contributed by atoms with Crippen molar-refractivity contribution in [2.45, 2.75) is 46.0 Å². The molecule has 0 spiro atoms. The fraction of sp³-hybridized carbons (Fsp3) is 0.458. The summed E-state index contributed by atoms with van der Waals surface area (Å²) < 4.78 is 0. The van der Waals surface area contributed by atoms with Crippen LogP contribution in [0.15, 0.2) is 48.8 Å². The van der Waals surface area contributed by atoms with Gasteiger partial charge in [-0.15, -0.1) is 0 Å². The van der Waals surface area contributed by atoms with E-state index in [0.717, 1.165) is 23.1 Å². The molecule has 2 heterocycles. The van der Waals surface area contributed by atoms with Crippen molar-refractivity contribution >= 4 is 11.8 Å². The van der Waals surface area contributed by atoms with Gasteiger partial charge in [-0.05, 0) is 61.4 Å². The van der Waals surface area contributed by atoms with E-state index in [0.29, 0.717) is 45.3 Å². The molecule has 0 bridgehead atoms. The Morgan fingerprint density at radius 2 is 1.79 bits per heavy atom. The minimum atomic E-state index is -0.462. The summed E-state index contributed by atoms with van der Waals surface area (Å²) in [6, 6.07) is 12.4. The predicted octanol–water partition coefficient (Wildman–Crippen LogP) is 3.84. The summed E-state index contributed by atoms with van der Waals surface area (Å²) in [6.07, 6.45) is 7.12. The molecular weight excluding hydrogens is 362 g/mol. The van der Waals surface area contributed by atoms with Gasteiger partial charge in [-0.25, -0.2) is 0 Å². The van der Waals surface area contributed by atoms with Crippen molar-refractivity contribution in [1.29, 1.82) is 0 Å². The third kappa shape index (κ3) is 5.03. The standard InChI is InChI=1S/C24H31N3O2/c1-3-6-22(28)27-15-11-24(12-16-27,23(29)26-4-2)18-19-7-5-8-21(17-19)20-9-13-25-14-10-20/h5,7-10,13-14,17H,3-4,6,11-12,15-16,18H2,1-2H3,(H,26,29). The molecule has 1 aromatic carbocycles. The van der Waals surface area contributed by atoms with Gasteiger partial charge in [0, 0.05) is 38.4 Å². The van der Waals surface area contributed by atoms with Gasteiger partial charge in [0.15, 0.2) is 0 Å². The topological polar surface area (TPSA) is 62.3 Å². The van der Waals surface area contributed by atoms with Crippen molar-refractivity contribution in [3.8, 4) is 11.1 Å². The summed E-state index contributed by atoms with van der Waals surface area (Å²) >= 11 is 0. The first-order valence-corrected chi connectivity index (χ1v) is 10.6. The van der Waals surface area contributed by atoms with Crippen LogP contribution in [0, 0.1) is 5.41 Å². The first kappa shape index (κ1) is 21.0. The van der Waals surface area contributed by atoms with Crippen molar-refractivity contribution in [2.24, 2.45) is 5.41 Å². The van der Waals surface area contributed by atoms with Crippen molar-refractivity contribution in [1.82, 2.24) is 15.2 Å². The second-order valence-corrected chi connectivity index (χ2v) is 7.88. The molecule has 0 saturated carbocycles. The molecule has 1 saturated heterocycles. The lowest BCUT2D eigenvalue weighted by molar-refractivity contribution is -0.140. The van der Waals surface area contributed by atoms with E-state index in [2.05, 4.69) is 34.6 Å². The molecule has 29 heavy (non-hydrogen) atoms. The van der Waals surface area contributed by atoms with Gasteiger partial charge in [-0.3, -0.25) is 14.6 Å². The highest BCUT2D eigenvalue weighted by atomic mass is 16.2. The molecule has 0 aliphatic carbocycles. The molecule has 1 N–H and O–H groups in total. The van der Waals surface area contributed by atoms with E-state index >= 15 is 0 Å². The average molecular weight is 394 g/mol. The smallest absolute Gasteiger partial charge is 0.226 e. The molecule has 1 aromatic heterocycles. The summed E-state index contributed by atoms with van der Waals surface area (Å²) in [5, 5.41) is 3.04. The number of nitrogens with one attached hydrogen (secondary N) is 1. The lowest BCUT2D eigenvalue weighted by Crippen LogP contribution is -2.51. The average Bonchev–Trinajstić information content (AvgIpc) is 2.75. The van der Waals surface area contributed by atoms with Crippen LogP contribution in [-0.2, 0) is 16.0 Å². The van der Waals surface area contributed by atoms with Gasteiger partial charge < -0.3 is 10.2 Å². The number of carbonyl (C=O) groups excluding carboxylic acids is 2. The van der Waals surface area contributed by atoms with E-state index in [4.69, 9.17) is 0 Å². The van der Waals surface area contributed by atoms with Crippen LogP contribution in [0.3, 0.4) is 0 Å². The van der Waals surface area contributed by atoms with Crippen molar-refractivity contribution < 1.29 is 9.59 Å². The number of rotatable bonds is 7. The Labute approximate surface area is 173 Å². The fourth-order valence-corrected chi connectivity index (χ4v) is 4.18. The summed E-state index contributed by atoms with van der Waals surface area (Å²) in [7, 11) is 0. The Hall–Kier alpha value is -2.69. The van der Waals surface area contributed by atoms with Crippen LogP contribution in [0.1, 0.15) is 45.1 Å². The third-order valence-electron chi connectivity index (χ3n) is 5.84. The number of aromatic nitrogens is 1. The van der Waals surface area contributed by atoms with Crippen molar-refractivity contribution in [2.75, 3.05) is 19.6 Å². The van der Waals surface area contributed by atoms with Crippen LogP contribution < -0.4 is 5.32 Å². The van der Waals surface area contributed by atoms with Crippen LogP contribution in [-0.4, -0.2) is 41.3 Å². The number of carbonyl (C=O) groups is 2. The maximum absolute atomic E-state index is 13.1. The van der Waals surface area contributed by atoms with E-state index in [1.807, 2.05) is 30.9 Å². The quantitative estimate of drug-likeness (QED) is 0.777. The number of hydrogen-bond donors (Lipinski definition) is 1. The molecule has 2 amide bonds. The van der Waals surface area contributed by atoms with Crippen LogP contribution >= 0.6 is 0 Å². The molecule has 154 valence electrons. The Kier molecular flexibility index (Phi) is 7.02. The Balaban J connectivity index is 1.80. The van der Waals surface area contributed by atoms with E-state index in [9.17, 15) is 9.59 Å². The molecule has 0 radical (unpaired) electrons. The molecule has 5 nitrogen and oxygen atoms in total. The summed E-state index contributed by atoms with van der Waals surface area (Å²) in [6.45, 7) is 5.91. The minimum absolute atomic E-state index is 0.108. The van der Waals surface area contributed by atoms with E-state index in [-0.39, 0.29) is 11.8 Å². The van der Waals surface area contributed by atoms with E-state index in [1.165, 1.54) is 0 Å². The number of amides is 2. The number of likely N-dealkylation sites (tertiary alicyclic amines) is 1. The first-order chi connectivity index (χ1) is 14.1. The van der Waals surface area contributed by atoms with Gasteiger partial charge in [0.05, 0.1) is 5.41 Å². The number of benzene rings is 1. The van der Waals surface area contributed by atoms with Gasteiger partial charge in [0.25, 0.3) is 0 Å². The fourth-order valence-electron chi connectivity index (χ4n) is 4.18. The van der Waals surface area contributed by atoms with Crippen molar-refractivity contribution in [3.63, 3.8) is 0 Å². The third-order valence-corrected chi connectivity index (χ3v) is 5.84. The second kappa shape index (κ2) is 9.68. The lowest BCUT2D eigenvalue weighted by Gasteiger charge is -2.41. The molecule has 0 unspecified atom stereocenters. The van der Waals surface area contributed by atoms with Crippen LogP contribution in [0.2, 0.25) is 0 Å². The molecule has 2 aromatic rings. The van der Waals surface area contributed by atoms with Gasteiger partial charge in [-0.2, -0.15) is 0 Å². The molecule has 1 fully saturated rings. The summed E-state index contributed by atoms with van der Waals surface area (Å²) in [4.78, 5) is 31.4. The number of hydrogen-bond acceptors (Lipinski definition) is 3. The summed E-state index contributed by atoms with van der Waals surface area (Å²) in [5.41, 5.74) is 2.94. The lowest BCUT2D eigenvalue weighted by atomic mass is 9.72. The summed E-state index contributed by atoms with van der Waals surface area (Å²) in [5.74, 6) is 0.314. The second-order valence-electron chi connectivity index (χ2n) is 7.88. The maximum atomic E-state index is 13.1. The van der Waals surface area contributed by atoms with Gasteiger partial charge in [-0.1, -0.05) is 31.2 Å². The minimum Gasteiger partial charge on any atom is -0.356 e. The number of nitrogens with zero attached hydrogens (tertiary/aromatic N) is 2. The zero-order chi connectivity index (χ0) is 20.7. The Bertz CT molecular complexity index is 827. The van der Waals surface area contributed by atoms with E-state index < -0.39 is 5.41 Å². The van der Waals surface area contributed by atoms with Crippen molar-refractivity contribution in [3.05, 3.63) is 54.4 Å². The van der Waals surface area contributed by atoms with Gasteiger partial charge in [0.1, 0.15) is 0 Å². The van der Waals surface area contributed by atoms with Gasteiger partial charge >= 0.3 is 0 Å². The maximum Gasteiger partial charge on any atom is 0.226 e. The zero-order valence-electron chi connectivity index (χ0n) is 17.5. The Morgan fingerprint density at radius 1 is 1.07 bits per heavy atom. The highest BCUT2D eigenvalue weighted by Crippen LogP contribution is 2.36. The Morgan fingerprint density at radius 3 is 2.45 bits per heavy atom. The largest absolute Gasteiger partial charge is 0.356 e. The molecule has 1 aliphatic rings. The first-order valence-electron chi connectivity index (χ1n) is 10.6. The van der Waals surface area contributed by atoms with Gasteiger partial charge in [0.2, 0.25) is 11.8 Å². The SMILES string of the molecule is CCCC(=O)N1CCC(Cc2cccc(-c3ccncc3)c2)(C(=O)NCC)CC1. The van der Waals surface area contributed by atoms with Crippen LogP contribution in [0.25, 0.3) is 11.1 Å². The molecule has 1 aliphatic heterocycles. The number of pyridine rings is 1. The van der Waals surface area contributed by atoms with Crippen LogP contribution in [0.4, 0.5) is 0 Å². The normalized spacial score (nSPS) is 15.7. The van der Waals surface area contributed by atoms with Crippen LogP contribution in [0.5, 0.6) is 0 Å². The molecular formula is C24H31N3O2. The zero-order valence-corrected chi connectivity index (χ0v) is 17.5. The highest BCUT2D eigenvalue weighted by Gasteiger charge is 2.41. The molecule has 5 heteroatoms. The molecule has 3 rings (SSSR count). The number of piperidine rings is 1. The predicted molar refractivity (Wildman–Crippen MR) is 115 cm³/mol. The monoisotopic (exact) mass is 393 g/mol. The molecule has 0 atom stereocenters. The highest BCUT2D eigenvalue weighted by molar-refractivity contribution is 5.84.